The van der Waals surface area contributed by atoms with E-state index in [-0.39, 0.29) is 17.9 Å². The second kappa shape index (κ2) is 8.83. The van der Waals surface area contributed by atoms with Crippen molar-refractivity contribution < 1.29 is 19.5 Å². The number of carboxylic acids is 1. The molecule has 1 aromatic carbocycles. The fourth-order valence-electron chi connectivity index (χ4n) is 3.10. The van der Waals surface area contributed by atoms with Crippen molar-refractivity contribution in [3.8, 4) is 0 Å². The van der Waals surface area contributed by atoms with Gasteiger partial charge in [-0.15, -0.1) is 0 Å². The van der Waals surface area contributed by atoms with Gasteiger partial charge < -0.3 is 14.9 Å². The zero-order valence-electron chi connectivity index (χ0n) is 15.8. The molecular weight excluding hydrogens is 332 g/mol. The molecule has 0 aliphatic heterocycles. The van der Waals surface area contributed by atoms with Crippen molar-refractivity contribution >= 4 is 17.8 Å². The van der Waals surface area contributed by atoms with E-state index in [0.717, 1.165) is 25.7 Å². The first kappa shape index (κ1) is 19.9. The van der Waals surface area contributed by atoms with Gasteiger partial charge in [-0.05, 0) is 50.8 Å². The first-order chi connectivity index (χ1) is 12.4. The van der Waals surface area contributed by atoms with Crippen LogP contribution in [0.4, 0.5) is 0 Å². The Bertz CT molecular complexity index is 664. The highest BCUT2D eigenvalue weighted by Crippen LogP contribution is 2.30. The predicted octanol–water partition coefficient (Wildman–Crippen LogP) is 3.03. The van der Waals surface area contributed by atoms with Crippen LogP contribution in [0.3, 0.4) is 0 Å². The van der Waals surface area contributed by atoms with Crippen molar-refractivity contribution in [1.29, 1.82) is 0 Å². The van der Waals surface area contributed by atoms with Gasteiger partial charge in [-0.2, -0.15) is 0 Å². The maximum Gasteiger partial charge on any atom is 0.326 e. The van der Waals surface area contributed by atoms with Crippen LogP contribution in [0.15, 0.2) is 24.3 Å². The lowest BCUT2D eigenvalue weighted by Gasteiger charge is -2.27. The van der Waals surface area contributed by atoms with Crippen LogP contribution in [-0.4, -0.2) is 57.9 Å². The molecule has 1 aliphatic carbocycles. The third kappa shape index (κ3) is 4.62. The summed E-state index contributed by atoms with van der Waals surface area (Å²) in [5, 5.41) is 9.30. The van der Waals surface area contributed by atoms with Gasteiger partial charge in [-0.25, -0.2) is 4.79 Å². The molecule has 0 spiro atoms. The highest BCUT2D eigenvalue weighted by atomic mass is 16.4. The van der Waals surface area contributed by atoms with Gasteiger partial charge in [-0.3, -0.25) is 9.59 Å². The summed E-state index contributed by atoms with van der Waals surface area (Å²) < 4.78 is 0. The molecule has 2 rings (SSSR count). The van der Waals surface area contributed by atoms with Crippen molar-refractivity contribution in [1.82, 2.24) is 9.80 Å². The van der Waals surface area contributed by atoms with Crippen molar-refractivity contribution in [2.75, 3.05) is 13.1 Å². The quantitative estimate of drug-likeness (QED) is 0.734. The van der Waals surface area contributed by atoms with Crippen LogP contribution in [0, 0.1) is 0 Å². The molecule has 0 radical (unpaired) electrons. The molecule has 1 unspecified atom stereocenters. The van der Waals surface area contributed by atoms with E-state index in [1.54, 1.807) is 29.2 Å². The first-order valence-electron chi connectivity index (χ1n) is 9.35. The highest BCUT2D eigenvalue weighted by Gasteiger charge is 2.38. The summed E-state index contributed by atoms with van der Waals surface area (Å²) in [5.74, 6) is -1.43. The summed E-state index contributed by atoms with van der Waals surface area (Å²) in [6.07, 6.45) is 3.39. The molecule has 1 saturated carbocycles. The van der Waals surface area contributed by atoms with E-state index in [1.165, 1.54) is 11.8 Å². The molecule has 6 heteroatoms. The maximum atomic E-state index is 12.9. The number of aliphatic carboxylic acids is 1. The van der Waals surface area contributed by atoms with Crippen LogP contribution >= 0.6 is 0 Å². The number of benzene rings is 1. The average molecular weight is 360 g/mol. The van der Waals surface area contributed by atoms with Gasteiger partial charge >= 0.3 is 5.97 Å². The van der Waals surface area contributed by atoms with E-state index in [9.17, 15) is 19.5 Å². The molecule has 6 nitrogen and oxygen atoms in total. The molecule has 1 N–H and O–H groups in total. The molecule has 0 aromatic heterocycles. The normalized spacial score (nSPS) is 14.6. The number of hydrogen-bond donors (Lipinski definition) is 1. The number of amides is 2. The van der Waals surface area contributed by atoms with Gasteiger partial charge in [0.1, 0.15) is 6.04 Å². The van der Waals surface area contributed by atoms with Gasteiger partial charge in [0.25, 0.3) is 11.8 Å². The smallest absolute Gasteiger partial charge is 0.326 e. The molecular formula is C20H28N2O4. The van der Waals surface area contributed by atoms with E-state index >= 15 is 0 Å². The van der Waals surface area contributed by atoms with Crippen molar-refractivity contribution in [3.63, 3.8) is 0 Å². The second-order valence-corrected chi connectivity index (χ2v) is 6.83. The molecule has 142 valence electrons. The Morgan fingerprint density at radius 2 is 1.62 bits per heavy atom. The Kier molecular flexibility index (Phi) is 6.77. The molecule has 1 aromatic rings. The summed E-state index contributed by atoms with van der Waals surface area (Å²) in [7, 11) is 0. The molecule has 0 saturated heterocycles. The van der Waals surface area contributed by atoms with E-state index < -0.39 is 12.0 Å². The van der Waals surface area contributed by atoms with Crippen LogP contribution in [0.2, 0.25) is 0 Å². The topological polar surface area (TPSA) is 77.9 Å². The molecule has 1 aliphatic rings. The van der Waals surface area contributed by atoms with Gasteiger partial charge in [-0.1, -0.05) is 19.9 Å². The largest absolute Gasteiger partial charge is 0.480 e. The Labute approximate surface area is 154 Å². The second-order valence-electron chi connectivity index (χ2n) is 6.83. The van der Waals surface area contributed by atoms with Crippen LogP contribution in [0.25, 0.3) is 0 Å². The third-order valence-electron chi connectivity index (χ3n) is 4.58. The first-order valence-corrected chi connectivity index (χ1v) is 9.35. The lowest BCUT2D eigenvalue weighted by atomic mass is 10.1. The van der Waals surface area contributed by atoms with Crippen molar-refractivity contribution in [2.24, 2.45) is 0 Å². The summed E-state index contributed by atoms with van der Waals surface area (Å²) in [6.45, 7) is 6.93. The summed E-state index contributed by atoms with van der Waals surface area (Å²) in [5.41, 5.74) is 0.834. The fourth-order valence-corrected chi connectivity index (χ4v) is 3.10. The Morgan fingerprint density at radius 1 is 1.08 bits per heavy atom. The van der Waals surface area contributed by atoms with Gasteiger partial charge in [0, 0.05) is 30.3 Å². The number of carbonyl (C=O) groups is 3. The van der Waals surface area contributed by atoms with Gasteiger partial charge in [0.05, 0.1) is 0 Å². The summed E-state index contributed by atoms with van der Waals surface area (Å²) in [6, 6.07) is 5.72. The molecule has 0 heterocycles. The average Bonchev–Trinajstić information content (AvgIpc) is 3.46. The number of carboxylic acid groups (broad SMARTS) is 1. The molecule has 26 heavy (non-hydrogen) atoms. The molecule has 1 fully saturated rings. The standard InChI is InChI=1S/C20H28N2O4/c1-4-11-21(12-5-2)18(23)15-7-6-8-16(13-15)19(24)22(17-9-10-17)14(3)20(25)26/h6-8,13-14,17H,4-5,9-12H2,1-3H3,(H,25,26). The number of rotatable bonds is 9. The Morgan fingerprint density at radius 3 is 2.08 bits per heavy atom. The zero-order valence-corrected chi connectivity index (χ0v) is 15.8. The van der Waals surface area contributed by atoms with Crippen LogP contribution in [0.1, 0.15) is 67.2 Å². The maximum absolute atomic E-state index is 12.9. The lowest BCUT2D eigenvalue weighted by Crippen LogP contribution is -2.44. The van der Waals surface area contributed by atoms with Crippen LogP contribution in [0.5, 0.6) is 0 Å². The number of carbonyl (C=O) groups excluding carboxylic acids is 2. The highest BCUT2D eigenvalue weighted by molar-refractivity contribution is 6.01. The fraction of sp³-hybridized carbons (Fsp3) is 0.550. The Balaban J connectivity index is 2.25. The Hall–Kier alpha value is -2.37. The van der Waals surface area contributed by atoms with Gasteiger partial charge in [0.2, 0.25) is 0 Å². The minimum Gasteiger partial charge on any atom is -0.480 e. The van der Waals surface area contributed by atoms with E-state index in [0.29, 0.717) is 24.2 Å². The van der Waals surface area contributed by atoms with E-state index in [1.807, 2.05) is 13.8 Å². The minimum absolute atomic E-state index is 0.0235. The number of nitrogens with zero attached hydrogens (tertiary/aromatic N) is 2. The van der Waals surface area contributed by atoms with E-state index in [2.05, 4.69) is 0 Å². The summed E-state index contributed by atoms with van der Waals surface area (Å²) >= 11 is 0. The molecule has 2 amide bonds. The summed E-state index contributed by atoms with van der Waals surface area (Å²) in [4.78, 5) is 40.3. The lowest BCUT2D eigenvalue weighted by molar-refractivity contribution is -0.141. The van der Waals surface area contributed by atoms with Crippen LogP contribution in [-0.2, 0) is 4.79 Å². The number of hydrogen-bond acceptors (Lipinski definition) is 3. The van der Waals surface area contributed by atoms with E-state index in [4.69, 9.17) is 0 Å². The molecule has 0 bridgehead atoms. The zero-order chi connectivity index (χ0) is 19.3. The van der Waals surface area contributed by atoms with Crippen molar-refractivity contribution in [2.45, 2.75) is 58.5 Å². The van der Waals surface area contributed by atoms with Crippen LogP contribution < -0.4 is 0 Å². The predicted molar refractivity (Wildman–Crippen MR) is 99.2 cm³/mol. The van der Waals surface area contributed by atoms with Gasteiger partial charge in [0.15, 0.2) is 0 Å². The van der Waals surface area contributed by atoms with Crippen molar-refractivity contribution in [3.05, 3.63) is 35.4 Å². The third-order valence-corrected chi connectivity index (χ3v) is 4.58. The monoisotopic (exact) mass is 360 g/mol. The molecule has 1 atom stereocenters. The SMILES string of the molecule is CCCN(CCC)C(=O)c1cccc(C(=O)N(C2CC2)C(C)C(=O)O)c1. The minimum atomic E-state index is -1.02.